The number of nitrogens with zero attached hydrogens (tertiary/aromatic N) is 5. The van der Waals surface area contributed by atoms with E-state index in [1.165, 1.54) is 29.3 Å². The zero-order valence-electron chi connectivity index (χ0n) is 14.7. The zero-order valence-corrected chi connectivity index (χ0v) is 14.7. The Labute approximate surface area is 164 Å². The van der Waals surface area contributed by atoms with Crippen molar-refractivity contribution >= 4 is 17.2 Å². The summed E-state index contributed by atoms with van der Waals surface area (Å²) < 4.78 is 79.5. The maximum Gasteiger partial charge on any atom is 0.416 e. The smallest absolute Gasteiger partial charge is 0.324 e. The minimum Gasteiger partial charge on any atom is -0.324 e. The molecule has 4 aromatic rings. The van der Waals surface area contributed by atoms with Crippen LogP contribution < -0.4 is 5.32 Å². The van der Waals surface area contributed by atoms with E-state index in [4.69, 9.17) is 0 Å². The van der Waals surface area contributed by atoms with Crippen LogP contribution >= 0.6 is 0 Å². The molecule has 30 heavy (non-hydrogen) atoms. The molecule has 0 radical (unpaired) electrons. The van der Waals surface area contributed by atoms with Crippen LogP contribution in [0.1, 0.15) is 11.1 Å². The van der Waals surface area contributed by atoms with Crippen LogP contribution in [0.2, 0.25) is 0 Å². The molecule has 1 aromatic carbocycles. The first-order valence-corrected chi connectivity index (χ1v) is 8.30. The molecule has 1 N–H and O–H groups in total. The van der Waals surface area contributed by atoms with Gasteiger partial charge in [0.25, 0.3) is 0 Å². The predicted octanol–water partition coefficient (Wildman–Crippen LogP) is 4.97. The third kappa shape index (κ3) is 3.88. The van der Waals surface area contributed by atoms with Crippen molar-refractivity contribution in [2.45, 2.75) is 12.4 Å². The van der Waals surface area contributed by atoms with Gasteiger partial charge in [-0.15, -0.1) is 0 Å². The quantitative estimate of drug-likeness (QED) is 0.471. The Hall–Kier alpha value is -3.70. The topological polar surface area (TPSA) is 68.0 Å². The lowest BCUT2D eigenvalue weighted by molar-refractivity contribution is -0.143. The lowest BCUT2D eigenvalue weighted by Crippen LogP contribution is -2.12. The number of aromatic nitrogens is 5. The Morgan fingerprint density at radius 1 is 0.833 bits per heavy atom. The van der Waals surface area contributed by atoms with Crippen molar-refractivity contribution in [2.24, 2.45) is 0 Å². The second kappa shape index (κ2) is 6.97. The number of hydrogen-bond donors (Lipinski definition) is 1. The van der Waals surface area contributed by atoms with Crippen molar-refractivity contribution < 1.29 is 26.3 Å². The van der Waals surface area contributed by atoms with Crippen LogP contribution in [-0.2, 0) is 12.4 Å². The number of nitrogens with one attached hydrogen (secondary N) is 1. The van der Waals surface area contributed by atoms with Crippen molar-refractivity contribution in [3.8, 4) is 11.3 Å². The highest BCUT2D eigenvalue weighted by Gasteiger charge is 2.37. The standard InChI is InChI=1S/C18H10F6N6/c19-17(20,21)10-6-11(18(22,23)24)8-12(7-10)28-16-25-5-3-14(29-16)13-9-27-30-15(13)2-1-4-26-30/h1-9H,(H,25,28,29). The van der Waals surface area contributed by atoms with E-state index in [0.717, 1.165) is 0 Å². The van der Waals surface area contributed by atoms with Crippen molar-refractivity contribution in [3.05, 3.63) is 66.1 Å². The molecule has 0 aliphatic rings. The summed E-state index contributed by atoms with van der Waals surface area (Å²) in [4.78, 5) is 8.06. The number of alkyl halides is 6. The Kier molecular flexibility index (Phi) is 4.56. The fraction of sp³-hybridized carbons (Fsp3) is 0.111. The second-order valence-corrected chi connectivity index (χ2v) is 6.14. The number of rotatable bonds is 3. The molecule has 0 amide bonds. The average molecular weight is 424 g/mol. The van der Waals surface area contributed by atoms with Gasteiger partial charge in [-0.2, -0.15) is 41.2 Å². The van der Waals surface area contributed by atoms with E-state index < -0.39 is 29.2 Å². The molecule has 0 saturated carbocycles. The van der Waals surface area contributed by atoms with E-state index in [2.05, 4.69) is 25.5 Å². The molecule has 0 fully saturated rings. The molecule has 3 heterocycles. The molecule has 0 aliphatic heterocycles. The highest BCUT2D eigenvalue weighted by atomic mass is 19.4. The van der Waals surface area contributed by atoms with Gasteiger partial charge in [0.1, 0.15) is 0 Å². The van der Waals surface area contributed by atoms with E-state index in [0.29, 0.717) is 28.9 Å². The summed E-state index contributed by atoms with van der Waals surface area (Å²) >= 11 is 0. The monoisotopic (exact) mass is 424 g/mol. The van der Waals surface area contributed by atoms with Gasteiger partial charge in [-0.25, -0.2) is 9.97 Å². The zero-order chi connectivity index (χ0) is 21.5. The van der Waals surface area contributed by atoms with E-state index in [-0.39, 0.29) is 12.0 Å². The first-order valence-electron chi connectivity index (χ1n) is 8.30. The highest BCUT2D eigenvalue weighted by Crippen LogP contribution is 2.38. The lowest BCUT2D eigenvalue weighted by atomic mass is 10.1. The van der Waals surface area contributed by atoms with E-state index in [9.17, 15) is 26.3 Å². The van der Waals surface area contributed by atoms with Gasteiger partial charge in [0.05, 0.1) is 28.5 Å². The van der Waals surface area contributed by atoms with Crippen molar-refractivity contribution in [1.29, 1.82) is 0 Å². The molecule has 0 unspecified atom stereocenters. The summed E-state index contributed by atoms with van der Waals surface area (Å²) in [7, 11) is 0. The van der Waals surface area contributed by atoms with Gasteiger partial charge in [-0.3, -0.25) is 0 Å². The molecule has 12 heteroatoms. The molecule has 154 valence electrons. The molecule has 0 aliphatic carbocycles. The summed E-state index contributed by atoms with van der Waals surface area (Å²) in [5, 5.41) is 10.5. The van der Waals surface area contributed by atoms with Crippen LogP contribution in [0.5, 0.6) is 0 Å². The minimum absolute atomic E-state index is 0.0501. The van der Waals surface area contributed by atoms with E-state index in [1.807, 2.05) is 0 Å². The molecular formula is C18H10F6N6. The molecule has 3 aromatic heterocycles. The van der Waals surface area contributed by atoms with Crippen LogP contribution in [0.3, 0.4) is 0 Å². The van der Waals surface area contributed by atoms with Crippen LogP contribution in [0.4, 0.5) is 38.0 Å². The van der Waals surface area contributed by atoms with Crippen LogP contribution in [0.25, 0.3) is 16.8 Å². The van der Waals surface area contributed by atoms with Gasteiger partial charge < -0.3 is 5.32 Å². The second-order valence-electron chi connectivity index (χ2n) is 6.14. The molecule has 6 nitrogen and oxygen atoms in total. The van der Waals surface area contributed by atoms with Crippen LogP contribution in [0.15, 0.2) is 55.0 Å². The summed E-state index contributed by atoms with van der Waals surface area (Å²) in [6, 6.07) is 6.11. The molecule has 0 spiro atoms. The fourth-order valence-electron chi connectivity index (χ4n) is 2.76. The van der Waals surface area contributed by atoms with Gasteiger partial charge in [-0.05, 0) is 36.4 Å². The van der Waals surface area contributed by atoms with Crippen LogP contribution in [0, 0.1) is 0 Å². The Balaban J connectivity index is 1.72. The van der Waals surface area contributed by atoms with Gasteiger partial charge in [0.2, 0.25) is 5.95 Å². The number of halogens is 6. The van der Waals surface area contributed by atoms with Gasteiger partial charge in [-0.1, -0.05) is 0 Å². The minimum atomic E-state index is -4.95. The summed E-state index contributed by atoms with van der Waals surface area (Å²) in [6.45, 7) is 0. The Morgan fingerprint density at radius 2 is 1.53 bits per heavy atom. The van der Waals surface area contributed by atoms with Gasteiger partial charge in [0.15, 0.2) is 0 Å². The van der Waals surface area contributed by atoms with E-state index in [1.54, 1.807) is 12.1 Å². The Morgan fingerprint density at radius 3 is 2.20 bits per heavy atom. The third-order valence-electron chi connectivity index (χ3n) is 4.08. The molecule has 0 bridgehead atoms. The predicted molar refractivity (Wildman–Crippen MR) is 93.7 cm³/mol. The fourth-order valence-corrected chi connectivity index (χ4v) is 2.76. The summed E-state index contributed by atoms with van der Waals surface area (Å²) in [6.07, 6.45) is -5.57. The summed E-state index contributed by atoms with van der Waals surface area (Å²) in [5.74, 6) is -0.178. The average Bonchev–Trinajstić information content (AvgIpc) is 3.11. The molecule has 4 rings (SSSR count). The Bertz CT molecular complexity index is 1180. The first-order chi connectivity index (χ1) is 14.1. The number of anilines is 2. The van der Waals surface area contributed by atoms with Crippen molar-refractivity contribution in [3.63, 3.8) is 0 Å². The maximum atomic E-state index is 13.0. The molecule has 0 atom stereocenters. The number of hydrogen-bond acceptors (Lipinski definition) is 5. The van der Waals surface area contributed by atoms with Crippen molar-refractivity contribution in [1.82, 2.24) is 24.8 Å². The number of benzene rings is 1. The maximum absolute atomic E-state index is 13.0. The first kappa shape index (κ1) is 19.6. The molecule has 0 saturated heterocycles. The van der Waals surface area contributed by atoms with E-state index >= 15 is 0 Å². The van der Waals surface area contributed by atoms with Gasteiger partial charge >= 0.3 is 12.4 Å². The lowest BCUT2D eigenvalue weighted by Gasteiger charge is -2.15. The molecular weight excluding hydrogens is 414 g/mol. The normalized spacial score (nSPS) is 12.3. The van der Waals surface area contributed by atoms with Crippen LogP contribution in [-0.4, -0.2) is 24.8 Å². The highest BCUT2D eigenvalue weighted by molar-refractivity contribution is 5.77. The van der Waals surface area contributed by atoms with Gasteiger partial charge in [0, 0.05) is 23.6 Å². The summed E-state index contributed by atoms with van der Waals surface area (Å²) in [5.41, 5.74) is -1.79. The SMILES string of the molecule is FC(F)(F)c1cc(Nc2nccc(-c3cnn4ncccc34)n2)cc(C(F)(F)F)c1. The number of fused-ring (bicyclic) bond motifs is 1. The van der Waals surface area contributed by atoms with Crippen molar-refractivity contribution in [2.75, 3.05) is 5.32 Å². The largest absolute Gasteiger partial charge is 0.416 e. The third-order valence-corrected chi connectivity index (χ3v) is 4.08.